The van der Waals surface area contributed by atoms with Crippen molar-refractivity contribution < 1.29 is 0 Å². The highest BCUT2D eigenvalue weighted by Crippen LogP contribution is 2.67. The molecule has 0 saturated heterocycles. The first-order valence-electron chi connectivity index (χ1n) is 8.96. The van der Waals surface area contributed by atoms with E-state index in [1.54, 1.807) is 0 Å². The normalized spacial score (nSPS) is 17.1. The predicted octanol–water partition coefficient (Wildman–Crippen LogP) is 10.4. The summed E-state index contributed by atoms with van der Waals surface area (Å²) >= 11 is 15.1. The van der Waals surface area contributed by atoms with E-state index in [0.29, 0.717) is 0 Å². The lowest BCUT2D eigenvalue weighted by Gasteiger charge is -2.02. The summed E-state index contributed by atoms with van der Waals surface area (Å²) in [6, 6.07) is 17.6. The molecule has 4 aromatic heterocycles. The topological polar surface area (TPSA) is 0 Å². The number of thiophene rings is 4. The van der Waals surface area contributed by atoms with Crippen LogP contribution in [0, 0.1) is 0 Å². The summed E-state index contributed by atoms with van der Waals surface area (Å²) in [6.45, 7) is 0. The van der Waals surface area contributed by atoms with E-state index < -0.39 is 0 Å². The van der Waals surface area contributed by atoms with Gasteiger partial charge in [-0.05, 0) is 45.8 Å². The minimum atomic E-state index is 1.37. The lowest BCUT2D eigenvalue weighted by molar-refractivity contribution is 1.92. The number of thioether (sulfide) groups is 4. The Balaban J connectivity index is 1.39. The molecule has 4 aromatic rings. The highest BCUT2D eigenvalue weighted by molar-refractivity contribution is 8.40. The second-order valence-corrected chi connectivity index (χ2v) is 14.6. The maximum Gasteiger partial charge on any atom is 0.0707 e. The van der Waals surface area contributed by atoms with Crippen molar-refractivity contribution >= 4 is 112 Å². The van der Waals surface area contributed by atoms with Gasteiger partial charge in [0.25, 0.3) is 0 Å². The third-order valence-corrected chi connectivity index (χ3v) is 14.3. The summed E-state index contributed by atoms with van der Waals surface area (Å²) in [5, 5.41) is 8.70. The van der Waals surface area contributed by atoms with Crippen LogP contribution in [-0.2, 0) is 0 Å². The van der Waals surface area contributed by atoms with E-state index in [1.165, 1.54) is 47.6 Å². The molecule has 6 rings (SSSR count). The second-order valence-electron chi connectivity index (χ2n) is 6.21. The number of hydrogen-bond donors (Lipinski definition) is 0. The van der Waals surface area contributed by atoms with Crippen molar-refractivity contribution in [3.8, 4) is 0 Å². The summed E-state index contributed by atoms with van der Waals surface area (Å²) < 4.78 is 2.83. The largest absolute Gasteiger partial charge is 0.143 e. The molecule has 0 amide bonds. The lowest BCUT2D eigenvalue weighted by atomic mass is 10.3. The fraction of sp³-hybridized carbons (Fsp3) is 0. The van der Waals surface area contributed by atoms with E-state index in [-0.39, 0.29) is 0 Å². The van der Waals surface area contributed by atoms with Crippen LogP contribution in [0.2, 0.25) is 0 Å². The van der Waals surface area contributed by atoms with Gasteiger partial charge in [-0.2, -0.15) is 0 Å². The molecular formula is C22H12S8. The smallest absolute Gasteiger partial charge is 0.0707 e. The molecule has 6 heterocycles. The van der Waals surface area contributed by atoms with Crippen molar-refractivity contribution in [1.82, 2.24) is 0 Å². The van der Waals surface area contributed by atoms with Gasteiger partial charge in [-0.3, -0.25) is 0 Å². The average Bonchev–Trinajstić information content (AvgIpc) is 3.62. The molecule has 0 nitrogen and oxygen atoms in total. The minimum absolute atomic E-state index is 1.37. The van der Waals surface area contributed by atoms with E-state index in [9.17, 15) is 0 Å². The van der Waals surface area contributed by atoms with Crippen molar-refractivity contribution in [3.05, 3.63) is 98.0 Å². The van der Waals surface area contributed by atoms with Crippen LogP contribution in [0.1, 0.15) is 19.5 Å². The van der Waals surface area contributed by atoms with Crippen LogP contribution in [-0.4, -0.2) is 0 Å². The number of hydrogen-bond acceptors (Lipinski definition) is 8. The Hall–Kier alpha value is -0.580. The minimum Gasteiger partial charge on any atom is -0.143 e. The van der Waals surface area contributed by atoms with Crippen LogP contribution in [0.25, 0.3) is 19.6 Å². The van der Waals surface area contributed by atoms with E-state index in [1.807, 2.05) is 92.4 Å². The molecule has 8 heteroatoms. The van der Waals surface area contributed by atoms with E-state index in [2.05, 4.69) is 70.1 Å². The Morgan fingerprint density at radius 2 is 0.633 bits per heavy atom. The van der Waals surface area contributed by atoms with Crippen molar-refractivity contribution in [1.29, 1.82) is 0 Å². The molecule has 0 bridgehead atoms. The summed E-state index contributed by atoms with van der Waals surface area (Å²) in [5.41, 5.74) is 0. The van der Waals surface area contributed by atoms with Crippen molar-refractivity contribution in [3.63, 3.8) is 0 Å². The van der Waals surface area contributed by atoms with Crippen molar-refractivity contribution in [2.24, 2.45) is 0 Å². The molecule has 0 saturated carbocycles. The van der Waals surface area contributed by atoms with Crippen LogP contribution < -0.4 is 0 Å². The molecule has 0 radical (unpaired) electrons. The molecule has 2 aliphatic heterocycles. The van der Waals surface area contributed by atoms with Crippen molar-refractivity contribution in [2.45, 2.75) is 0 Å². The highest BCUT2D eigenvalue weighted by atomic mass is 32.2. The quantitative estimate of drug-likeness (QED) is 0.256. The zero-order valence-corrected chi connectivity index (χ0v) is 21.7. The van der Waals surface area contributed by atoms with Crippen LogP contribution in [0.15, 0.2) is 78.5 Å². The Kier molecular flexibility index (Phi) is 5.85. The van der Waals surface area contributed by atoms with Gasteiger partial charge in [0.15, 0.2) is 0 Å². The Labute approximate surface area is 208 Å². The van der Waals surface area contributed by atoms with Crippen LogP contribution in [0.3, 0.4) is 0 Å². The standard InChI is InChI=1S/C22H12S8/c1-5-13(23-9-1)17-18(14-6-2-10-24-14)28-21(27-17)22-29-19(15-7-3-11-25-15)20(30-22)16-8-4-12-26-16/h1-12H. The Bertz CT molecular complexity index is 1050. The second kappa shape index (κ2) is 8.75. The highest BCUT2D eigenvalue weighted by Gasteiger charge is 2.33. The van der Waals surface area contributed by atoms with E-state index in [4.69, 9.17) is 0 Å². The Morgan fingerprint density at radius 1 is 0.367 bits per heavy atom. The molecule has 148 valence electrons. The first kappa shape index (κ1) is 20.1. The summed E-state index contributed by atoms with van der Waals surface area (Å²) in [5.74, 6) is 0. The third-order valence-electron chi connectivity index (χ3n) is 4.34. The first-order valence-corrected chi connectivity index (χ1v) is 15.7. The summed E-state index contributed by atoms with van der Waals surface area (Å²) in [7, 11) is 0. The summed E-state index contributed by atoms with van der Waals surface area (Å²) in [6.07, 6.45) is 0. The van der Waals surface area contributed by atoms with Gasteiger partial charge in [0, 0.05) is 39.1 Å². The fourth-order valence-electron chi connectivity index (χ4n) is 3.04. The van der Waals surface area contributed by atoms with Crippen LogP contribution >= 0.6 is 92.4 Å². The zero-order chi connectivity index (χ0) is 19.9. The fourth-order valence-corrected chi connectivity index (χ4v) is 12.5. The van der Waals surface area contributed by atoms with Gasteiger partial charge in [-0.25, -0.2) is 0 Å². The molecular weight excluding hydrogens is 521 g/mol. The molecule has 2 aliphatic rings. The van der Waals surface area contributed by atoms with Gasteiger partial charge in [-0.1, -0.05) is 71.3 Å². The molecule has 0 aromatic carbocycles. The van der Waals surface area contributed by atoms with E-state index in [0.717, 1.165) is 0 Å². The first-order chi connectivity index (χ1) is 14.9. The predicted molar refractivity (Wildman–Crippen MR) is 148 cm³/mol. The van der Waals surface area contributed by atoms with Crippen LogP contribution in [0.4, 0.5) is 0 Å². The van der Waals surface area contributed by atoms with Gasteiger partial charge in [0.1, 0.15) is 0 Å². The molecule has 0 unspecified atom stereocenters. The Morgan fingerprint density at radius 3 is 0.833 bits per heavy atom. The molecule has 0 aliphatic carbocycles. The molecule has 0 spiro atoms. The third kappa shape index (κ3) is 3.75. The molecule has 0 atom stereocenters. The summed E-state index contributed by atoms with van der Waals surface area (Å²) in [4.78, 5) is 11.1. The van der Waals surface area contributed by atoms with Crippen molar-refractivity contribution in [2.75, 3.05) is 0 Å². The van der Waals surface area contributed by atoms with E-state index >= 15 is 0 Å². The average molecular weight is 533 g/mol. The van der Waals surface area contributed by atoms with Gasteiger partial charge in [-0.15, -0.1) is 45.3 Å². The zero-order valence-electron chi connectivity index (χ0n) is 15.2. The maximum atomic E-state index is 2.25. The SMILES string of the molecule is c1csc(C2=C(c3cccs3)SC(=C3SC(c4cccs4)=C(c4cccs4)S3)S2)c1. The van der Waals surface area contributed by atoms with Gasteiger partial charge in [0.05, 0.1) is 8.47 Å². The lowest BCUT2D eigenvalue weighted by Crippen LogP contribution is -1.73. The monoisotopic (exact) mass is 532 g/mol. The van der Waals surface area contributed by atoms with Crippen LogP contribution in [0.5, 0.6) is 0 Å². The number of rotatable bonds is 4. The molecule has 0 fully saturated rings. The molecule has 30 heavy (non-hydrogen) atoms. The maximum absolute atomic E-state index is 2.25. The van der Waals surface area contributed by atoms with Gasteiger partial charge >= 0.3 is 0 Å². The molecule has 0 N–H and O–H groups in total. The van der Waals surface area contributed by atoms with Gasteiger partial charge in [0.2, 0.25) is 0 Å². The van der Waals surface area contributed by atoms with Gasteiger partial charge < -0.3 is 0 Å².